The Bertz CT molecular complexity index is 760. The number of amidine groups is 1. The third-order valence-corrected chi connectivity index (χ3v) is 4.01. The Kier molecular flexibility index (Phi) is 4.06. The van der Waals surface area contributed by atoms with E-state index in [0.29, 0.717) is 10.9 Å². The first kappa shape index (κ1) is 14.5. The Hall–Kier alpha value is -2.41. The van der Waals surface area contributed by atoms with Gasteiger partial charge in [0.05, 0.1) is 17.7 Å². The van der Waals surface area contributed by atoms with Crippen molar-refractivity contribution in [2.24, 2.45) is 10.2 Å². The van der Waals surface area contributed by atoms with Crippen LogP contribution in [0.2, 0.25) is 0 Å². The van der Waals surface area contributed by atoms with Crippen LogP contribution in [0.5, 0.6) is 0 Å². The molecular weight excluding hydrogens is 300 g/mol. The molecule has 7 heteroatoms. The van der Waals surface area contributed by atoms with E-state index < -0.39 is 0 Å². The van der Waals surface area contributed by atoms with Crippen molar-refractivity contribution >= 4 is 29.1 Å². The minimum atomic E-state index is -0.0423. The molecule has 3 rings (SSSR count). The van der Waals surface area contributed by atoms with Crippen molar-refractivity contribution in [1.82, 2.24) is 10.5 Å². The molecule has 0 bridgehead atoms. The van der Waals surface area contributed by atoms with Gasteiger partial charge in [-0.15, -0.1) is 5.10 Å². The van der Waals surface area contributed by atoms with Crippen LogP contribution in [0.4, 0.5) is 0 Å². The summed E-state index contributed by atoms with van der Waals surface area (Å²) < 4.78 is 5.20. The fourth-order valence-electron chi connectivity index (χ4n) is 2.20. The molecule has 1 fully saturated rings. The van der Waals surface area contributed by atoms with Crippen LogP contribution in [0, 0.1) is 13.8 Å². The normalized spacial score (nSPS) is 16.6. The van der Waals surface area contributed by atoms with Crippen LogP contribution in [-0.2, 0) is 4.79 Å². The molecule has 1 saturated heterocycles. The van der Waals surface area contributed by atoms with Crippen LogP contribution in [0.15, 0.2) is 39.0 Å². The Morgan fingerprint density at radius 2 is 2.27 bits per heavy atom. The van der Waals surface area contributed by atoms with Crippen LogP contribution >= 0.6 is 11.8 Å². The van der Waals surface area contributed by atoms with Gasteiger partial charge in [0.2, 0.25) is 5.91 Å². The molecule has 1 aromatic carbocycles. The predicted molar refractivity (Wildman–Crippen MR) is 87.0 cm³/mol. The fourth-order valence-corrected chi connectivity index (χ4v) is 2.83. The maximum absolute atomic E-state index is 11.0. The SMILES string of the molecule is Cc1noc(C)c1-c1cccc(C=NN=C2NC(=O)CS2)c1. The highest BCUT2D eigenvalue weighted by Crippen LogP contribution is 2.27. The first-order chi connectivity index (χ1) is 10.6. The number of carbonyl (C=O) groups excluding carboxylic acids is 1. The lowest BCUT2D eigenvalue weighted by Gasteiger charge is -2.01. The molecule has 22 heavy (non-hydrogen) atoms. The number of amides is 1. The minimum Gasteiger partial charge on any atom is -0.361 e. The largest absolute Gasteiger partial charge is 0.361 e. The number of aryl methyl sites for hydroxylation is 2. The molecule has 1 aliphatic heterocycles. The van der Waals surface area contributed by atoms with Crippen LogP contribution in [0.1, 0.15) is 17.0 Å². The van der Waals surface area contributed by atoms with Crippen molar-refractivity contribution < 1.29 is 9.32 Å². The van der Waals surface area contributed by atoms with Crippen molar-refractivity contribution in [3.05, 3.63) is 41.3 Å². The fraction of sp³-hybridized carbons (Fsp3) is 0.200. The number of nitrogens with one attached hydrogen (secondary N) is 1. The zero-order valence-electron chi connectivity index (χ0n) is 12.2. The second kappa shape index (κ2) is 6.15. The summed E-state index contributed by atoms with van der Waals surface area (Å²) in [5.41, 5.74) is 3.80. The summed E-state index contributed by atoms with van der Waals surface area (Å²) in [6.07, 6.45) is 1.65. The highest BCUT2D eigenvalue weighted by atomic mass is 32.2. The monoisotopic (exact) mass is 314 g/mol. The lowest BCUT2D eigenvalue weighted by molar-refractivity contribution is -0.116. The summed E-state index contributed by atoms with van der Waals surface area (Å²) in [5.74, 6) is 1.15. The van der Waals surface area contributed by atoms with E-state index >= 15 is 0 Å². The molecule has 1 amide bonds. The molecule has 1 N–H and O–H groups in total. The van der Waals surface area contributed by atoms with Gasteiger partial charge in [0.15, 0.2) is 5.17 Å². The van der Waals surface area contributed by atoms with Gasteiger partial charge in [-0.1, -0.05) is 35.1 Å². The highest BCUT2D eigenvalue weighted by molar-refractivity contribution is 8.15. The summed E-state index contributed by atoms with van der Waals surface area (Å²) in [7, 11) is 0. The molecule has 0 radical (unpaired) electrons. The second-order valence-corrected chi connectivity index (χ2v) is 5.78. The number of hydrogen-bond acceptors (Lipinski definition) is 6. The van der Waals surface area contributed by atoms with E-state index in [4.69, 9.17) is 4.52 Å². The van der Waals surface area contributed by atoms with Gasteiger partial charge in [0.25, 0.3) is 0 Å². The van der Waals surface area contributed by atoms with Crippen LogP contribution in [0.25, 0.3) is 11.1 Å². The molecule has 2 aromatic rings. The van der Waals surface area contributed by atoms with E-state index in [1.165, 1.54) is 11.8 Å². The molecule has 1 aromatic heterocycles. The first-order valence-corrected chi connectivity index (χ1v) is 7.69. The second-order valence-electron chi connectivity index (χ2n) is 4.81. The highest BCUT2D eigenvalue weighted by Gasteiger charge is 2.16. The first-order valence-electron chi connectivity index (χ1n) is 6.70. The predicted octanol–water partition coefficient (Wildman–Crippen LogP) is 2.51. The number of nitrogens with zero attached hydrogens (tertiary/aromatic N) is 3. The minimum absolute atomic E-state index is 0.0423. The number of thioether (sulfide) groups is 1. The molecule has 112 valence electrons. The zero-order chi connectivity index (χ0) is 15.5. The van der Waals surface area contributed by atoms with Gasteiger partial charge in [-0.3, -0.25) is 4.79 Å². The van der Waals surface area contributed by atoms with E-state index in [9.17, 15) is 4.79 Å². The quantitative estimate of drug-likeness (QED) is 0.697. The van der Waals surface area contributed by atoms with Gasteiger partial charge in [-0.2, -0.15) is 5.10 Å². The molecule has 0 aliphatic carbocycles. The third kappa shape index (κ3) is 3.09. The molecule has 0 spiro atoms. The number of benzene rings is 1. The summed E-state index contributed by atoms with van der Waals surface area (Å²) in [6, 6.07) is 7.88. The Labute approximate surface area is 131 Å². The van der Waals surface area contributed by atoms with Crippen molar-refractivity contribution in [2.75, 3.05) is 5.75 Å². The van der Waals surface area contributed by atoms with Crippen molar-refractivity contribution in [3.8, 4) is 11.1 Å². The maximum atomic E-state index is 11.0. The zero-order valence-corrected chi connectivity index (χ0v) is 13.0. The molecule has 1 aliphatic rings. The van der Waals surface area contributed by atoms with Crippen LogP contribution < -0.4 is 5.32 Å². The average Bonchev–Trinajstić information content (AvgIpc) is 3.05. The molecule has 0 atom stereocenters. The van der Waals surface area contributed by atoms with E-state index in [-0.39, 0.29) is 5.91 Å². The van der Waals surface area contributed by atoms with Crippen molar-refractivity contribution in [3.63, 3.8) is 0 Å². The van der Waals surface area contributed by atoms with E-state index in [2.05, 4.69) is 20.7 Å². The molecular formula is C15H14N4O2S. The van der Waals surface area contributed by atoms with Gasteiger partial charge in [-0.25, -0.2) is 0 Å². The van der Waals surface area contributed by atoms with Gasteiger partial charge in [-0.05, 0) is 31.0 Å². The Balaban J connectivity index is 1.81. The molecule has 6 nitrogen and oxygen atoms in total. The Morgan fingerprint density at radius 1 is 1.41 bits per heavy atom. The lowest BCUT2D eigenvalue weighted by atomic mass is 10.0. The van der Waals surface area contributed by atoms with Crippen molar-refractivity contribution in [1.29, 1.82) is 0 Å². The summed E-state index contributed by atoms with van der Waals surface area (Å²) in [4.78, 5) is 11.0. The summed E-state index contributed by atoms with van der Waals surface area (Å²) in [6.45, 7) is 3.81. The average molecular weight is 314 g/mol. The number of aromatic nitrogens is 1. The summed E-state index contributed by atoms with van der Waals surface area (Å²) >= 11 is 1.35. The smallest absolute Gasteiger partial charge is 0.236 e. The van der Waals surface area contributed by atoms with E-state index in [1.54, 1.807) is 6.21 Å². The Morgan fingerprint density at radius 3 is 2.95 bits per heavy atom. The van der Waals surface area contributed by atoms with Gasteiger partial charge in [0, 0.05) is 5.56 Å². The number of rotatable bonds is 3. The van der Waals surface area contributed by atoms with Crippen molar-refractivity contribution in [2.45, 2.75) is 13.8 Å². The molecule has 2 heterocycles. The van der Waals surface area contributed by atoms with Crippen LogP contribution in [-0.4, -0.2) is 28.2 Å². The van der Waals surface area contributed by atoms with E-state index in [1.807, 2.05) is 38.1 Å². The standard InChI is InChI=1S/C15H14N4O2S/c1-9-14(10(2)21-19-9)12-5-3-4-11(6-12)7-16-18-15-17-13(20)8-22-15/h3-7H,8H2,1-2H3,(H,17,18,20). The topological polar surface area (TPSA) is 79.8 Å². The van der Waals surface area contributed by atoms with Crippen LogP contribution in [0.3, 0.4) is 0 Å². The third-order valence-electron chi connectivity index (χ3n) is 3.15. The van der Waals surface area contributed by atoms with Gasteiger partial charge >= 0.3 is 0 Å². The summed E-state index contributed by atoms with van der Waals surface area (Å²) in [5, 5.41) is 15.1. The van der Waals surface area contributed by atoms with E-state index in [0.717, 1.165) is 28.1 Å². The number of hydrogen-bond donors (Lipinski definition) is 1. The van der Waals surface area contributed by atoms with Gasteiger partial charge < -0.3 is 9.84 Å². The molecule has 0 saturated carbocycles. The number of carbonyl (C=O) groups is 1. The lowest BCUT2D eigenvalue weighted by Crippen LogP contribution is -2.19. The van der Waals surface area contributed by atoms with Gasteiger partial charge in [0.1, 0.15) is 5.76 Å². The molecule has 0 unspecified atom stereocenters. The maximum Gasteiger partial charge on any atom is 0.236 e.